The van der Waals surface area contributed by atoms with Gasteiger partial charge in [-0.15, -0.1) is 0 Å². The molecule has 0 bridgehead atoms. The summed E-state index contributed by atoms with van der Waals surface area (Å²) in [5.74, 6) is -0.898. The van der Waals surface area contributed by atoms with Gasteiger partial charge in [0.1, 0.15) is 0 Å². The Balaban J connectivity index is 2.24. The van der Waals surface area contributed by atoms with Crippen LogP contribution in [0.2, 0.25) is 0 Å². The van der Waals surface area contributed by atoms with E-state index in [9.17, 15) is 4.79 Å². The summed E-state index contributed by atoms with van der Waals surface area (Å²) in [6.07, 6.45) is 1.63. The molecular weight excluding hydrogens is 132 g/mol. The number of epoxide rings is 1. The fraction of sp³-hybridized carbons (Fsp3) is 0.857. The van der Waals surface area contributed by atoms with Gasteiger partial charge in [-0.25, -0.2) is 0 Å². The summed E-state index contributed by atoms with van der Waals surface area (Å²) < 4.78 is 4.93. The highest BCUT2D eigenvalue weighted by atomic mass is 16.6. The highest BCUT2D eigenvalue weighted by molar-refractivity contribution is 5.69. The molecule has 0 aromatic carbocycles. The second-order valence-corrected chi connectivity index (χ2v) is 2.63. The number of aliphatic carboxylic acids is 1. The maximum absolute atomic E-state index is 10.4. The van der Waals surface area contributed by atoms with Crippen molar-refractivity contribution in [3.05, 3.63) is 0 Å². The van der Waals surface area contributed by atoms with Crippen LogP contribution in [0.25, 0.3) is 0 Å². The van der Waals surface area contributed by atoms with Gasteiger partial charge in [0.25, 0.3) is 0 Å². The molecule has 3 nitrogen and oxygen atoms in total. The van der Waals surface area contributed by atoms with Crippen LogP contribution in [0.4, 0.5) is 0 Å². The lowest BCUT2D eigenvalue weighted by Crippen LogP contribution is -2.14. The molecule has 2 atom stereocenters. The van der Waals surface area contributed by atoms with E-state index in [0.717, 1.165) is 6.61 Å². The first-order chi connectivity index (χ1) is 4.74. The minimum absolute atomic E-state index is 0.201. The highest BCUT2D eigenvalue weighted by Gasteiger charge is 2.28. The van der Waals surface area contributed by atoms with Crippen molar-refractivity contribution in [2.45, 2.75) is 25.9 Å². The zero-order valence-corrected chi connectivity index (χ0v) is 6.04. The van der Waals surface area contributed by atoms with Gasteiger partial charge in [0.05, 0.1) is 18.6 Å². The Bertz CT molecular complexity index is 129. The number of hydrogen-bond acceptors (Lipinski definition) is 2. The summed E-state index contributed by atoms with van der Waals surface area (Å²) >= 11 is 0. The lowest BCUT2D eigenvalue weighted by atomic mass is 10.0. The maximum Gasteiger partial charge on any atom is 0.306 e. The van der Waals surface area contributed by atoms with E-state index in [-0.39, 0.29) is 12.0 Å². The molecule has 1 heterocycles. The minimum Gasteiger partial charge on any atom is -0.481 e. The summed E-state index contributed by atoms with van der Waals surface area (Å²) in [5.41, 5.74) is 0. The lowest BCUT2D eigenvalue weighted by Gasteiger charge is -2.05. The van der Waals surface area contributed by atoms with Crippen molar-refractivity contribution in [1.82, 2.24) is 0 Å². The molecule has 1 N–H and O–H groups in total. The topological polar surface area (TPSA) is 49.8 Å². The van der Waals surface area contributed by atoms with Crippen LogP contribution < -0.4 is 0 Å². The van der Waals surface area contributed by atoms with Crippen molar-refractivity contribution >= 4 is 5.97 Å². The molecule has 0 unspecified atom stereocenters. The molecule has 0 saturated carbocycles. The number of carboxylic acids is 1. The Hall–Kier alpha value is -0.570. The second kappa shape index (κ2) is 3.01. The van der Waals surface area contributed by atoms with Crippen molar-refractivity contribution in [1.29, 1.82) is 0 Å². The largest absolute Gasteiger partial charge is 0.481 e. The summed E-state index contributed by atoms with van der Waals surface area (Å²) in [6.45, 7) is 2.64. The Morgan fingerprint density at radius 1 is 1.90 bits per heavy atom. The van der Waals surface area contributed by atoms with Crippen LogP contribution in [-0.2, 0) is 9.53 Å². The van der Waals surface area contributed by atoms with Crippen LogP contribution in [0, 0.1) is 5.92 Å². The standard InChI is InChI=1S/C7H12O3/c1-2-5(7(8)9)3-6-4-10-6/h5-6H,2-4H2,1H3,(H,8,9)/t5-,6+/m0/s1. The highest BCUT2D eigenvalue weighted by Crippen LogP contribution is 2.21. The number of carboxylic acid groups (broad SMARTS) is 1. The SMILES string of the molecule is CC[C@@H](C[C@@H]1CO1)C(=O)O. The van der Waals surface area contributed by atoms with Gasteiger partial charge in [-0.2, -0.15) is 0 Å². The molecule has 1 aliphatic heterocycles. The van der Waals surface area contributed by atoms with Crippen LogP contribution in [-0.4, -0.2) is 23.8 Å². The normalized spacial score (nSPS) is 25.9. The van der Waals surface area contributed by atoms with E-state index in [1.54, 1.807) is 0 Å². The van der Waals surface area contributed by atoms with Crippen LogP contribution in [0.5, 0.6) is 0 Å². The van der Waals surface area contributed by atoms with Gasteiger partial charge in [0, 0.05) is 0 Å². The van der Waals surface area contributed by atoms with Crippen LogP contribution in [0.1, 0.15) is 19.8 Å². The molecule has 0 radical (unpaired) electrons. The van der Waals surface area contributed by atoms with Gasteiger partial charge in [-0.05, 0) is 12.8 Å². The molecule has 1 aliphatic rings. The van der Waals surface area contributed by atoms with E-state index in [0.29, 0.717) is 12.8 Å². The summed E-state index contributed by atoms with van der Waals surface area (Å²) in [6, 6.07) is 0. The van der Waals surface area contributed by atoms with E-state index in [1.165, 1.54) is 0 Å². The summed E-state index contributed by atoms with van der Waals surface area (Å²) in [4.78, 5) is 10.4. The van der Waals surface area contributed by atoms with Crippen LogP contribution in [0.15, 0.2) is 0 Å². The lowest BCUT2D eigenvalue weighted by molar-refractivity contribution is -0.142. The van der Waals surface area contributed by atoms with Crippen molar-refractivity contribution in [3.8, 4) is 0 Å². The third kappa shape index (κ3) is 1.99. The Morgan fingerprint density at radius 2 is 2.50 bits per heavy atom. The first-order valence-electron chi connectivity index (χ1n) is 3.58. The molecule has 1 rings (SSSR count). The molecule has 3 heteroatoms. The van der Waals surface area contributed by atoms with Crippen molar-refractivity contribution in [2.24, 2.45) is 5.92 Å². The molecule has 1 saturated heterocycles. The summed E-state index contributed by atoms with van der Waals surface area (Å²) in [7, 11) is 0. The third-order valence-electron chi connectivity index (χ3n) is 1.79. The fourth-order valence-electron chi connectivity index (χ4n) is 0.964. The number of ether oxygens (including phenoxy) is 1. The van der Waals surface area contributed by atoms with Crippen molar-refractivity contribution in [3.63, 3.8) is 0 Å². The molecule has 10 heavy (non-hydrogen) atoms. The predicted molar refractivity (Wildman–Crippen MR) is 35.8 cm³/mol. The molecule has 0 aromatic heterocycles. The van der Waals surface area contributed by atoms with E-state index < -0.39 is 5.97 Å². The van der Waals surface area contributed by atoms with Crippen molar-refractivity contribution < 1.29 is 14.6 Å². The number of rotatable bonds is 4. The smallest absolute Gasteiger partial charge is 0.306 e. The van der Waals surface area contributed by atoms with Crippen LogP contribution in [0.3, 0.4) is 0 Å². The Kier molecular flexibility index (Phi) is 2.27. The third-order valence-corrected chi connectivity index (χ3v) is 1.79. The zero-order chi connectivity index (χ0) is 7.56. The van der Waals surface area contributed by atoms with Gasteiger partial charge in [0.2, 0.25) is 0 Å². The zero-order valence-electron chi connectivity index (χ0n) is 6.04. The number of carbonyl (C=O) groups is 1. The monoisotopic (exact) mass is 144 g/mol. The van der Waals surface area contributed by atoms with Gasteiger partial charge in [-0.3, -0.25) is 4.79 Å². The summed E-state index contributed by atoms with van der Waals surface area (Å²) in [5, 5.41) is 8.59. The van der Waals surface area contributed by atoms with E-state index in [1.807, 2.05) is 6.92 Å². The predicted octanol–water partition coefficient (Wildman–Crippen LogP) is 0.886. The van der Waals surface area contributed by atoms with Gasteiger partial charge >= 0.3 is 5.97 Å². The van der Waals surface area contributed by atoms with Gasteiger partial charge in [-0.1, -0.05) is 6.92 Å². The van der Waals surface area contributed by atoms with Gasteiger partial charge < -0.3 is 9.84 Å². The molecule has 1 fully saturated rings. The average Bonchev–Trinajstić information content (AvgIpc) is 2.64. The molecule has 0 aliphatic carbocycles. The van der Waals surface area contributed by atoms with E-state index >= 15 is 0 Å². The fourth-order valence-corrected chi connectivity index (χ4v) is 0.964. The minimum atomic E-state index is -0.696. The molecule has 0 amide bonds. The molecular formula is C7H12O3. The average molecular weight is 144 g/mol. The number of hydrogen-bond donors (Lipinski definition) is 1. The van der Waals surface area contributed by atoms with E-state index in [2.05, 4.69) is 0 Å². The Labute approximate surface area is 60.0 Å². The first kappa shape index (κ1) is 7.54. The maximum atomic E-state index is 10.4. The second-order valence-electron chi connectivity index (χ2n) is 2.63. The van der Waals surface area contributed by atoms with E-state index in [4.69, 9.17) is 9.84 Å². The van der Waals surface area contributed by atoms with Gasteiger partial charge in [0.15, 0.2) is 0 Å². The Morgan fingerprint density at radius 3 is 2.80 bits per heavy atom. The first-order valence-corrected chi connectivity index (χ1v) is 3.58. The van der Waals surface area contributed by atoms with Crippen LogP contribution >= 0.6 is 0 Å². The quantitative estimate of drug-likeness (QED) is 0.596. The molecule has 0 spiro atoms. The molecule has 58 valence electrons. The van der Waals surface area contributed by atoms with Crippen molar-refractivity contribution in [2.75, 3.05) is 6.61 Å². The molecule has 0 aromatic rings.